The molecule has 1 saturated heterocycles. The van der Waals surface area contributed by atoms with Crippen molar-refractivity contribution in [2.24, 2.45) is 5.92 Å². The van der Waals surface area contributed by atoms with Crippen molar-refractivity contribution in [2.45, 2.75) is 12.8 Å². The molecule has 0 atom stereocenters. The van der Waals surface area contributed by atoms with Crippen molar-refractivity contribution < 1.29 is 4.79 Å². The SMILES string of the molecule is CNCC1CCN(C(=O)c2n[nH]c3ccccc23)CC1.Cl. The van der Waals surface area contributed by atoms with Crippen LogP contribution in [0.5, 0.6) is 0 Å². The van der Waals surface area contributed by atoms with Gasteiger partial charge in [-0.2, -0.15) is 5.10 Å². The van der Waals surface area contributed by atoms with Crippen LogP contribution < -0.4 is 5.32 Å². The summed E-state index contributed by atoms with van der Waals surface area (Å²) < 4.78 is 0. The Morgan fingerprint density at radius 3 is 2.81 bits per heavy atom. The summed E-state index contributed by atoms with van der Waals surface area (Å²) in [4.78, 5) is 14.5. The summed E-state index contributed by atoms with van der Waals surface area (Å²) in [6.07, 6.45) is 2.13. The van der Waals surface area contributed by atoms with Gasteiger partial charge in [-0.1, -0.05) is 18.2 Å². The Morgan fingerprint density at radius 2 is 2.10 bits per heavy atom. The molecule has 2 heterocycles. The van der Waals surface area contributed by atoms with Crippen molar-refractivity contribution in [2.75, 3.05) is 26.7 Å². The normalized spacial score (nSPS) is 16.0. The number of benzene rings is 1. The molecule has 0 bridgehead atoms. The van der Waals surface area contributed by atoms with Crippen LogP contribution in [-0.4, -0.2) is 47.7 Å². The van der Waals surface area contributed by atoms with Gasteiger partial charge in [0, 0.05) is 18.5 Å². The summed E-state index contributed by atoms with van der Waals surface area (Å²) in [6, 6.07) is 7.77. The van der Waals surface area contributed by atoms with E-state index in [1.165, 1.54) is 0 Å². The van der Waals surface area contributed by atoms with Crippen LogP contribution in [0.15, 0.2) is 24.3 Å². The number of hydrogen-bond donors (Lipinski definition) is 2. The van der Waals surface area contributed by atoms with Crippen LogP contribution in [0.4, 0.5) is 0 Å². The molecule has 1 aromatic carbocycles. The summed E-state index contributed by atoms with van der Waals surface area (Å²) in [5, 5.41) is 11.3. The highest BCUT2D eigenvalue weighted by molar-refractivity contribution is 6.04. The number of para-hydroxylation sites is 1. The van der Waals surface area contributed by atoms with E-state index in [9.17, 15) is 4.79 Å². The van der Waals surface area contributed by atoms with Crippen molar-refractivity contribution in [3.8, 4) is 0 Å². The number of halogens is 1. The Kier molecular flexibility index (Phi) is 5.20. The largest absolute Gasteiger partial charge is 0.337 e. The van der Waals surface area contributed by atoms with Crippen molar-refractivity contribution in [3.63, 3.8) is 0 Å². The minimum atomic E-state index is 0. The number of aromatic nitrogens is 2. The van der Waals surface area contributed by atoms with Crippen LogP contribution in [0.2, 0.25) is 0 Å². The van der Waals surface area contributed by atoms with Gasteiger partial charge < -0.3 is 10.2 Å². The Morgan fingerprint density at radius 1 is 1.38 bits per heavy atom. The number of nitrogens with one attached hydrogen (secondary N) is 2. The molecule has 1 aliphatic rings. The molecule has 21 heavy (non-hydrogen) atoms. The second-order valence-electron chi connectivity index (χ2n) is 5.41. The molecule has 0 aliphatic carbocycles. The van der Waals surface area contributed by atoms with Gasteiger partial charge >= 0.3 is 0 Å². The summed E-state index contributed by atoms with van der Waals surface area (Å²) in [6.45, 7) is 2.69. The zero-order chi connectivity index (χ0) is 13.9. The van der Waals surface area contributed by atoms with Gasteiger partial charge in [0.2, 0.25) is 0 Å². The molecule has 0 spiro atoms. The minimum Gasteiger partial charge on any atom is -0.337 e. The number of hydrogen-bond acceptors (Lipinski definition) is 3. The van der Waals surface area contributed by atoms with Crippen LogP contribution in [0.25, 0.3) is 10.9 Å². The van der Waals surface area contributed by atoms with E-state index in [1.807, 2.05) is 36.2 Å². The molecule has 2 N–H and O–H groups in total. The predicted molar refractivity (Wildman–Crippen MR) is 85.9 cm³/mol. The number of rotatable bonds is 3. The number of nitrogens with zero attached hydrogens (tertiary/aromatic N) is 2. The number of carbonyl (C=O) groups excluding carboxylic acids is 1. The average Bonchev–Trinajstić information content (AvgIpc) is 2.92. The summed E-state index contributed by atoms with van der Waals surface area (Å²) in [5.41, 5.74) is 1.47. The van der Waals surface area contributed by atoms with E-state index in [0.29, 0.717) is 11.6 Å². The molecule has 5 nitrogen and oxygen atoms in total. The average molecular weight is 309 g/mol. The lowest BCUT2D eigenvalue weighted by atomic mass is 9.96. The quantitative estimate of drug-likeness (QED) is 0.912. The maximum atomic E-state index is 12.6. The van der Waals surface area contributed by atoms with Crippen molar-refractivity contribution >= 4 is 29.2 Å². The maximum absolute atomic E-state index is 12.6. The number of fused-ring (bicyclic) bond motifs is 1. The summed E-state index contributed by atoms with van der Waals surface area (Å²) in [7, 11) is 1.98. The Balaban J connectivity index is 0.00000161. The highest BCUT2D eigenvalue weighted by Gasteiger charge is 2.25. The fraction of sp³-hybridized carbons (Fsp3) is 0.467. The first-order chi connectivity index (χ1) is 9.79. The van der Waals surface area contributed by atoms with Crippen LogP contribution in [0.3, 0.4) is 0 Å². The monoisotopic (exact) mass is 308 g/mol. The van der Waals surface area contributed by atoms with E-state index in [4.69, 9.17) is 0 Å². The highest BCUT2D eigenvalue weighted by Crippen LogP contribution is 2.21. The third kappa shape index (κ3) is 3.19. The van der Waals surface area contributed by atoms with Gasteiger partial charge in [0.1, 0.15) is 0 Å². The molecular weight excluding hydrogens is 288 g/mol. The van der Waals surface area contributed by atoms with E-state index in [-0.39, 0.29) is 18.3 Å². The van der Waals surface area contributed by atoms with Crippen LogP contribution in [-0.2, 0) is 0 Å². The molecule has 0 unspecified atom stereocenters. The third-order valence-electron chi connectivity index (χ3n) is 4.07. The summed E-state index contributed by atoms with van der Waals surface area (Å²) in [5.74, 6) is 0.727. The minimum absolute atomic E-state index is 0. The Bertz CT molecular complexity index is 604. The zero-order valence-electron chi connectivity index (χ0n) is 12.1. The van der Waals surface area contributed by atoms with Gasteiger partial charge in [0.15, 0.2) is 5.69 Å². The Hall–Kier alpha value is -1.59. The van der Waals surface area contributed by atoms with Crippen LogP contribution >= 0.6 is 12.4 Å². The number of piperidine rings is 1. The first-order valence-corrected chi connectivity index (χ1v) is 7.16. The van der Waals surface area contributed by atoms with Crippen molar-refractivity contribution in [1.29, 1.82) is 0 Å². The first kappa shape index (κ1) is 15.8. The molecule has 2 aromatic rings. The second-order valence-corrected chi connectivity index (χ2v) is 5.41. The molecule has 0 radical (unpaired) electrons. The second kappa shape index (κ2) is 6.91. The Labute approximate surface area is 130 Å². The van der Waals surface area contributed by atoms with Crippen LogP contribution in [0, 0.1) is 5.92 Å². The van der Waals surface area contributed by atoms with Gasteiger partial charge in [-0.05, 0) is 38.4 Å². The van der Waals surface area contributed by atoms with Gasteiger partial charge in [-0.15, -0.1) is 12.4 Å². The number of H-pyrrole nitrogens is 1. The molecule has 1 fully saturated rings. The summed E-state index contributed by atoms with van der Waals surface area (Å²) >= 11 is 0. The number of likely N-dealkylation sites (tertiary alicyclic amines) is 1. The molecule has 0 saturated carbocycles. The van der Waals surface area contributed by atoms with E-state index in [2.05, 4.69) is 15.5 Å². The van der Waals surface area contributed by atoms with E-state index >= 15 is 0 Å². The van der Waals surface area contributed by atoms with E-state index in [0.717, 1.165) is 43.4 Å². The van der Waals surface area contributed by atoms with Crippen molar-refractivity contribution in [3.05, 3.63) is 30.0 Å². The zero-order valence-corrected chi connectivity index (χ0v) is 12.9. The van der Waals surface area contributed by atoms with Crippen molar-refractivity contribution in [1.82, 2.24) is 20.4 Å². The van der Waals surface area contributed by atoms with Gasteiger partial charge in [0.25, 0.3) is 5.91 Å². The molecule has 6 heteroatoms. The van der Waals surface area contributed by atoms with E-state index < -0.39 is 0 Å². The maximum Gasteiger partial charge on any atom is 0.274 e. The molecular formula is C15H21ClN4O. The molecule has 1 amide bonds. The predicted octanol–water partition coefficient (Wildman–Crippen LogP) is 2.06. The molecule has 3 rings (SSSR count). The fourth-order valence-corrected chi connectivity index (χ4v) is 2.91. The lowest BCUT2D eigenvalue weighted by Gasteiger charge is -2.31. The first-order valence-electron chi connectivity index (χ1n) is 7.16. The smallest absolute Gasteiger partial charge is 0.274 e. The number of carbonyl (C=O) groups is 1. The standard InChI is InChI=1S/C15H20N4O.ClH/c1-16-10-11-6-8-19(9-7-11)15(20)14-12-4-2-3-5-13(12)17-18-14;/h2-5,11,16H,6-10H2,1H3,(H,17,18);1H. The molecule has 1 aliphatic heterocycles. The van der Waals surface area contributed by atoms with E-state index in [1.54, 1.807) is 0 Å². The molecule has 1 aromatic heterocycles. The number of amides is 1. The number of aromatic amines is 1. The lowest BCUT2D eigenvalue weighted by Crippen LogP contribution is -2.40. The van der Waals surface area contributed by atoms with Gasteiger partial charge in [-0.3, -0.25) is 9.89 Å². The lowest BCUT2D eigenvalue weighted by molar-refractivity contribution is 0.0687. The van der Waals surface area contributed by atoms with Gasteiger partial charge in [-0.25, -0.2) is 0 Å². The topological polar surface area (TPSA) is 61.0 Å². The van der Waals surface area contributed by atoms with Crippen LogP contribution in [0.1, 0.15) is 23.3 Å². The van der Waals surface area contributed by atoms with Gasteiger partial charge in [0.05, 0.1) is 5.52 Å². The third-order valence-corrected chi connectivity index (χ3v) is 4.07. The fourth-order valence-electron chi connectivity index (χ4n) is 2.91. The molecule has 114 valence electrons. The highest BCUT2D eigenvalue weighted by atomic mass is 35.5.